The van der Waals surface area contributed by atoms with Crippen LogP contribution in [-0.4, -0.2) is 12.1 Å². The van der Waals surface area contributed by atoms with E-state index >= 15 is 0 Å². The second-order valence-electron chi connectivity index (χ2n) is 4.42. The summed E-state index contributed by atoms with van der Waals surface area (Å²) in [5.41, 5.74) is 3.98. The Kier molecular flexibility index (Phi) is 4.77. The lowest BCUT2D eigenvalue weighted by molar-refractivity contribution is 0.0955. The molecule has 1 amide bonds. The van der Waals surface area contributed by atoms with Crippen molar-refractivity contribution in [3.63, 3.8) is 0 Å². The average molecular weight is 288 g/mol. The Morgan fingerprint density at radius 2 is 1.90 bits per heavy atom. The molecule has 0 heterocycles. The van der Waals surface area contributed by atoms with E-state index in [1.54, 1.807) is 12.1 Å². The first-order valence-corrected chi connectivity index (χ1v) is 6.47. The lowest BCUT2D eigenvalue weighted by Gasteiger charge is -2.01. The van der Waals surface area contributed by atoms with Crippen LogP contribution >= 0.6 is 0 Å². The molecule has 1 N–H and O–H groups in total. The minimum Gasteiger partial charge on any atom is -0.267 e. The van der Waals surface area contributed by atoms with E-state index in [9.17, 15) is 13.6 Å². The van der Waals surface area contributed by atoms with Crippen molar-refractivity contribution in [2.75, 3.05) is 0 Å². The smallest absolute Gasteiger partial charge is 0.267 e. The minimum absolute atomic E-state index is 0.0954. The molecule has 0 fully saturated rings. The van der Waals surface area contributed by atoms with Crippen molar-refractivity contribution in [2.24, 2.45) is 5.10 Å². The van der Waals surface area contributed by atoms with Crippen molar-refractivity contribution in [3.8, 4) is 0 Å². The highest BCUT2D eigenvalue weighted by molar-refractivity contribution is 5.94. The third kappa shape index (κ3) is 3.95. The summed E-state index contributed by atoms with van der Waals surface area (Å²) in [6, 6.07) is 10.2. The molecule has 0 unspecified atom stereocenters. The summed E-state index contributed by atoms with van der Waals surface area (Å²) in [7, 11) is 0. The van der Waals surface area contributed by atoms with Gasteiger partial charge in [0.15, 0.2) is 0 Å². The number of hydrogen-bond acceptors (Lipinski definition) is 2. The molecule has 3 nitrogen and oxygen atoms in total. The first kappa shape index (κ1) is 14.8. The molecule has 0 aromatic heterocycles. The van der Waals surface area contributed by atoms with Crippen molar-refractivity contribution in [1.82, 2.24) is 5.43 Å². The molecule has 0 saturated carbocycles. The lowest BCUT2D eigenvalue weighted by Crippen LogP contribution is -2.17. The van der Waals surface area contributed by atoms with Gasteiger partial charge in [-0.3, -0.25) is 4.79 Å². The van der Waals surface area contributed by atoms with Crippen LogP contribution in [0.1, 0.15) is 28.4 Å². The van der Waals surface area contributed by atoms with Gasteiger partial charge in [-0.1, -0.05) is 19.1 Å². The Bertz CT molecular complexity index is 666. The fourth-order valence-electron chi connectivity index (χ4n) is 1.72. The van der Waals surface area contributed by atoms with Crippen molar-refractivity contribution in [1.29, 1.82) is 0 Å². The van der Waals surface area contributed by atoms with Crippen LogP contribution in [0, 0.1) is 11.6 Å². The van der Waals surface area contributed by atoms with Gasteiger partial charge in [0.05, 0.1) is 6.21 Å². The van der Waals surface area contributed by atoms with E-state index in [-0.39, 0.29) is 5.56 Å². The molecule has 5 heteroatoms. The summed E-state index contributed by atoms with van der Waals surface area (Å²) in [6.45, 7) is 2.02. The number of benzene rings is 2. The normalized spacial score (nSPS) is 10.8. The Hall–Kier alpha value is -2.56. The van der Waals surface area contributed by atoms with Gasteiger partial charge >= 0.3 is 0 Å². The van der Waals surface area contributed by atoms with Crippen LogP contribution in [0.25, 0.3) is 0 Å². The quantitative estimate of drug-likeness (QED) is 0.680. The van der Waals surface area contributed by atoms with Gasteiger partial charge in [-0.2, -0.15) is 5.10 Å². The zero-order valence-electron chi connectivity index (χ0n) is 11.4. The molecule has 108 valence electrons. The zero-order chi connectivity index (χ0) is 15.2. The molecule has 0 aliphatic rings. The van der Waals surface area contributed by atoms with Crippen LogP contribution in [0.5, 0.6) is 0 Å². The van der Waals surface area contributed by atoms with Gasteiger partial charge in [-0.25, -0.2) is 14.2 Å². The Morgan fingerprint density at radius 1 is 1.19 bits per heavy atom. The van der Waals surface area contributed by atoms with E-state index in [4.69, 9.17) is 0 Å². The SMILES string of the molecule is CCc1ccc(C(=O)N/N=C\c2ccc(F)cc2F)cc1. The predicted molar refractivity (Wildman–Crippen MR) is 77.2 cm³/mol. The zero-order valence-corrected chi connectivity index (χ0v) is 11.4. The Balaban J connectivity index is 2.01. The third-order valence-corrected chi connectivity index (χ3v) is 2.96. The molecule has 2 aromatic carbocycles. The van der Waals surface area contributed by atoms with Gasteiger partial charge in [0.25, 0.3) is 5.91 Å². The van der Waals surface area contributed by atoms with E-state index < -0.39 is 17.5 Å². The van der Waals surface area contributed by atoms with E-state index in [2.05, 4.69) is 10.5 Å². The van der Waals surface area contributed by atoms with Crippen LogP contribution in [0.2, 0.25) is 0 Å². The van der Waals surface area contributed by atoms with E-state index in [1.165, 1.54) is 6.07 Å². The van der Waals surface area contributed by atoms with E-state index in [0.717, 1.165) is 30.3 Å². The van der Waals surface area contributed by atoms with Crippen LogP contribution in [0.4, 0.5) is 8.78 Å². The lowest BCUT2D eigenvalue weighted by atomic mass is 10.1. The van der Waals surface area contributed by atoms with Gasteiger partial charge in [0.2, 0.25) is 0 Å². The first-order valence-electron chi connectivity index (χ1n) is 6.47. The maximum atomic E-state index is 13.3. The molecule has 21 heavy (non-hydrogen) atoms. The minimum atomic E-state index is -0.736. The second-order valence-corrected chi connectivity index (χ2v) is 4.42. The molecule has 0 aliphatic carbocycles. The van der Waals surface area contributed by atoms with E-state index in [1.807, 2.05) is 19.1 Å². The van der Waals surface area contributed by atoms with E-state index in [0.29, 0.717) is 5.56 Å². The monoisotopic (exact) mass is 288 g/mol. The summed E-state index contributed by atoms with van der Waals surface area (Å²) in [6.07, 6.45) is 2.02. The average Bonchev–Trinajstić information content (AvgIpc) is 2.49. The largest absolute Gasteiger partial charge is 0.271 e. The van der Waals surface area contributed by atoms with Crippen molar-refractivity contribution >= 4 is 12.1 Å². The number of carbonyl (C=O) groups is 1. The number of amides is 1. The summed E-state index contributed by atoms with van der Waals surface area (Å²) in [5.74, 6) is -1.79. The fourth-order valence-corrected chi connectivity index (χ4v) is 1.72. The molecule has 2 aromatic rings. The summed E-state index contributed by atoms with van der Waals surface area (Å²) < 4.78 is 26.1. The second kappa shape index (κ2) is 6.74. The van der Waals surface area contributed by atoms with Gasteiger partial charge < -0.3 is 0 Å². The summed E-state index contributed by atoms with van der Waals surface area (Å²) >= 11 is 0. The molecule has 2 rings (SSSR count). The van der Waals surface area contributed by atoms with Gasteiger partial charge in [0, 0.05) is 17.2 Å². The highest BCUT2D eigenvalue weighted by Crippen LogP contribution is 2.07. The Morgan fingerprint density at radius 3 is 2.52 bits per heavy atom. The van der Waals surface area contributed by atoms with Crippen molar-refractivity contribution < 1.29 is 13.6 Å². The maximum Gasteiger partial charge on any atom is 0.271 e. The number of nitrogens with one attached hydrogen (secondary N) is 1. The maximum absolute atomic E-state index is 13.3. The van der Waals surface area contributed by atoms with Crippen LogP contribution < -0.4 is 5.43 Å². The van der Waals surface area contributed by atoms with Crippen LogP contribution in [0.15, 0.2) is 47.6 Å². The topological polar surface area (TPSA) is 41.5 Å². The summed E-state index contributed by atoms with van der Waals surface area (Å²) in [4.78, 5) is 11.8. The fraction of sp³-hybridized carbons (Fsp3) is 0.125. The number of carbonyl (C=O) groups excluding carboxylic acids is 1. The number of halogens is 2. The standard InChI is InChI=1S/C16H14F2N2O/c1-2-11-3-5-12(6-4-11)16(21)20-19-10-13-7-8-14(17)9-15(13)18/h3-10H,2H2,1H3,(H,20,21)/b19-10-. The van der Waals surface area contributed by atoms with Crippen molar-refractivity contribution in [3.05, 3.63) is 70.8 Å². The highest BCUT2D eigenvalue weighted by atomic mass is 19.1. The molecular weight excluding hydrogens is 274 g/mol. The van der Waals surface area contributed by atoms with Crippen molar-refractivity contribution in [2.45, 2.75) is 13.3 Å². The first-order chi connectivity index (χ1) is 10.1. The number of hydrazone groups is 1. The molecule has 0 aliphatic heterocycles. The Labute approximate surface area is 121 Å². The highest BCUT2D eigenvalue weighted by Gasteiger charge is 2.04. The molecule has 0 atom stereocenters. The number of rotatable bonds is 4. The summed E-state index contributed by atoms with van der Waals surface area (Å²) in [5, 5.41) is 3.66. The molecule has 0 saturated heterocycles. The number of aryl methyl sites for hydroxylation is 1. The van der Waals surface area contributed by atoms with Gasteiger partial charge in [0.1, 0.15) is 11.6 Å². The molecule has 0 spiro atoms. The van der Waals surface area contributed by atoms with Crippen LogP contribution in [-0.2, 0) is 6.42 Å². The molecular formula is C16H14F2N2O. The van der Waals surface area contributed by atoms with Crippen LogP contribution in [0.3, 0.4) is 0 Å². The predicted octanol–water partition coefficient (Wildman–Crippen LogP) is 3.29. The molecule has 0 bridgehead atoms. The van der Waals surface area contributed by atoms with Gasteiger partial charge in [-0.05, 0) is 36.2 Å². The molecule has 0 radical (unpaired) electrons. The third-order valence-electron chi connectivity index (χ3n) is 2.96. The number of hydrogen-bond donors (Lipinski definition) is 1. The number of nitrogens with zero attached hydrogens (tertiary/aromatic N) is 1. The van der Waals surface area contributed by atoms with Gasteiger partial charge in [-0.15, -0.1) is 0 Å².